The molecule has 1 aromatic heterocycles. The molecule has 2 N–H and O–H groups in total. The van der Waals surface area contributed by atoms with Gasteiger partial charge in [0.2, 0.25) is 0 Å². The van der Waals surface area contributed by atoms with E-state index in [-0.39, 0.29) is 0 Å². The Hall–Kier alpha value is -0.680. The Labute approximate surface area is 98.0 Å². The lowest BCUT2D eigenvalue weighted by Crippen LogP contribution is -2.39. The van der Waals surface area contributed by atoms with Crippen molar-refractivity contribution in [1.29, 1.82) is 0 Å². The molecule has 4 nitrogen and oxygen atoms in total. The smallest absolute Gasteiger partial charge is 0.146 e. The summed E-state index contributed by atoms with van der Waals surface area (Å²) in [7, 11) is 0. The largest absolute Gasteiger partial charge is 0.355 e. The Bertz CT molecular complexity index is 331. The van der Waals surface area contributed by atoms with Gasteiger partial charge < -0.3 is 10.6 Å². The van der Waals surface area contributed by atoms with E-state index in [1.54, 1.807) is 12.5 Å². The summed E-state index contributed by atoms with van der Waals surface area (Å²) < 4.78 is 0.961. The standard InChI is InChI=1S/C10H15BrN4/c11-9-5-13-7-14-10(9)15-3-1-2-8(4-12)6-15/h5,7-8H,1-4,6,12H2. The van der Waals surface area contributed by atoms with Gasteiger partial charge >= 0.3 is 0 Å². The molecule has 1 aliphatic rings. The second kappa shape index (κ2) is 4.90. The molecule has 5 heteroatoms. The summed E-state index contributed by atoms with van der Waals surface area (Å²) in [5.41, 5.74) is 5.71. The first-order valence-corrected chi connectivity index (χ1v) is 6.01. The van der Waals surface area contributed by atoms with Crippen molar-refractivity contribution in [2.24, 2.45) is 11.7 Å². The van der Waals surface area contributed by atoms with Crippen molar-refractivity contribution in [2.75, 3.05) is 24.5 Å². The summed E-state index contributed by atoms with van der Waals surface area (Å²) in [5, 5.41) is 0. The molecule has 82 valence electrons. The minimum atomic E-state index is 0.598. The van der Waals surface area contributed by atoms with Crippen LogP contribution in [0.25, 0.3) is 0 Å². The molecule has 15 heavy (non-hydrogen) atoms. The van der Waals surface area contributed by atoms with Crippen molar-refractivity contribution in [3.63, 3.8) is 0 Å². The van der Waals surface area contributed by atoms with Crippen LogP contribution in [0, 0.1) is 5.92 Å². The fourth-order valence-corrected chi connectivity index (χ4v) is 2.46. The number of nitrogens with two attached hydrogens (primary N) is 1. The number of piperidine rings is 1. The molecule has 0 radical (unpaired) electrons. The summed E-state index contributed by atoms with van der Waals surface area (Å²) in [6.45, 7) is 2.83. The predicted octanol–water partition coefficient (Wildman–Crippen LogP) is 1.41. The van der Waals surface area contributed by atoms with Gasteiger partial charge in [-0.2, -0.15) is 0 Å². The van der Waals surface area contributed by atoms with Crippen LogP contribution in [0.5, 0.6) is 0 Å². The third-order valence-electron chi connectivity index (χ3n) is 2.80. The molecule has 1 fully saturated rings. The van der Waals surface area contributed by atoms with E-state index in [0.717, 1.165) is 29.9 Å². The SMILES string of the molecule is NCC1CCCN(c2ncncc2Br)C1. The maximum atomic E-state index is 5.71. The topological polar surface area (TPSA) is 55.0 Å². The van der Waals surface area contributed by atoms with Gasteiger partial charge in [-0.3, -0.25) is 0 Å². The third kappa shape index (κ3) is 2.46. The maximum absolute atomic E-state index is 5.71. The van der Waals surface area contributed by atoms with Crippen LogP contribution >= 0.6 is 15.9 Å². The lowest BCUT2D eigenvalue weighted by Gasteiger charge is -2.33. The van der Waals surface area contributed by atoms with E-state index in [1.165, 1.54) is 12.8 Å². The van der Waals surface area contributed by atoms with Gasteiger partial charge in [-0.25, -0.2) is 9.97 Å². The zero-order valence-electron chi connectivity index (χ0n) is 8.56. The molecule has 2 rings (SSSR count). The van der Waals surface area contributed by atoms with Crippen molar-refractivity contribution in [3.8, 4) is 0 Å². The maximum Gasteiger partial charge on any atom is 0.146 e. The van der Waals surface area contributed by atoms with Crippen LogP contribution in [0.3, 0.4) is 0 Å². The van der Waals surface area contributed by atoms with Gasteiger partial charge in [0.15, 0.2) is 0 Å². The van der Waals surface area contributed by atoms with Crippen LogP contribution in [-0.2, 0) is 0 Å². The second-order valence-electron chi connectivity index (χ2n) is 3.88. The molecule has 0 spiro atoms. The fourth-order valence-electron chi connectivity index (χ4n) is 1.99. The molecule has 0 amide bonds. The Morgan fingerprint density at radius 1 is 1.60 bits per heavy atom. The lowest BCUT2D eigenvalue weighted by molar-refractivity contribution is 0.421. The van der Waals surface area contributed by atoms with Crippen LogP contribution in [0.2, 0.25) is 0 Å². The molecule has 0 bridgehead atoms. The molecule has 1 aromatic rings. The van der Waals surface area contributed by atoms with E-state index >= 15 is 0 Å². The molecular weight excluding hydrogens is 256 g/mol. The number of hydrogen-bond donors (Lipinski definition) is 1. The van der Waals surface area contributed by atoms with Crippen LogP contribution in [0.4, 0.5) is 5.82 Å². The molecule has 0 aliphatic carbocycles. The predicted molar refractivity (Wildman–Crippen MR) is 63.7 cm³/mol. The van der Waals surface area contributed by atoms with Crippen molar-refractivity contribution in [2.45, 2.75) is 12.8 Å². The van der Waals surface area contributed by atoms with E-state index in [0.29, 0.717) is 5.92 Å². The number of nitrogens with zero attached hydrogens (tertiary/aromatic N) is 3. The van der Waals surface area contributed by atoms with Crippen LogP contribution in [0.15, 0.2) is 17.0 Å². The van der Waals surface area contributed by atoms with Gasteiger partial charge in [-0.05, 0) is 41.2 Å². The summed E-state index contributed by atoms with van der Waals surface area (Å²) in [6.07, 6.45) is 5.80. The average Bonchev–Trinajstić information content (AvgIpc) is 2.30. The number of hydrogen-bond acceptors (Lipinski definition) is 4. The lowest BCUT2D eigenvalue weighted by atomic mass is 9.98. The van der Waals surface area contributed by atoms with Crippen molar-refractivity contribution >= 4 is 21.7 Å². The van der Waals surface area contributed by atoms with Gasteiger partial charge in [-0.15, -0.1) is 0 Å². The first-order valence-electron chi connectivity index (χ1n) is 5.21. The highest BCUT2D eigenvalue weighted by atomic mass is 79.9. The van der Waals surface area contributed by atoms with E-state index in [9.17, 15) is 0 Å². The van der Waals surface area contributed by atoms with Gasteiger partial charge in [0, 0.05) is 19.3 Å². The van der Waals surface area contributed by atoms with Crippen LogP contribution in [-0.4, -0.2) is 29.6 Å². The molecule has 1 unspecified atom stereocenters. The van der Waals surface area contributed by atoms with E-state index < -0.39 is 0 Å². The average molecular weight is 271 g/mol. The van der Waals surface area contributed by atoms with Gasteiger partial charge in [0.1, 0.15) is 12.1 Å². The highest BCUT2D eigenvalue weighted by Gasteiger charge is 2.21. The highest BCUT2D eigenvalue weighted by molar-refractivity contribution is 9.10. The molecule has 0 saturated carbocycles. The first-order chi connectivity index (χ1) is 7.31. The number of aromatic nitrogens is 2. The molecule has 1 saturated heterocycles. The minimum Gasteiger partial charge on any atom is -0.355 e. The molecule has 1 atom stereocenters. The van der Waals surface area contributed by atoms with Crippen LogP contribution < -0.4 is 10.6 Å². The molecule has 2 heterocycles. The number of anilines is 1. The second-order valence-corrected chi connectivity index (χ2v) is 4.74. The fraction of sp³-hybridized carbons (Fsp3) is 0.600. The number of rotatable bonds is 2. The van der Waals surface area contributed by atoms with E-state index in [4.69, 9.17) is 5.73 Å². The molecular formula is C10H15BrN4. The third-order valence-corrected chi connectivity index (χ3v) is 3.36. The normalized spacial score (nSPS) is 21.7. The quantitative estimate of drug-likeness (QED) is 0.883. The Morgan fingerprint density at radius 3 is 3.20 bits per heavy atom. The summed E-state index contributed by atoms with van der Waals surface area (Å²) in [6, 6.07) is 0. The zero-order valence-corrected chi connectivity index (χ0v) is 10.2. The summed E-state index contributed by atoms with van der Waals surface area (Å²) in [4.78, 5) is 10.6. The molecule has 1 aliphatic heterocycles. The van der Waals surface area contributed by atoms with E-state index in [2.05, 4.69) is 30.8 Å². The number of halogens is 1. The Balaban J connectivity index is 2.13. The van der Waals surface area contributed by atoms with Crippen molar-refractivity contribution in [1.82, 2.24) is 9.97 Å². The monoisotopic (exact) mass is 270 g/mol. The minimum absolute atomic E-state index is 0.598. The van der Waals surface area contributed by atoms with Gasteiger partial charge in [0.05, 0.1) is 4.47 Å². The highest BCUT2D eigenvalue weighted by Crippen LogP contribution is 2.26. The van der Waals surface area contributed by atoms with E-state index in [1.807, 2.05) is 0 Å². The molecule has 0 aromatic carbocycles. The zero-order chi connectivity index (χ0) is 10.7. The van der Waals surface area contributed by atoms with Gasteiger partial charge in [0.25, 0.3) is 0 Å². The van der Waals surface area contributed by atoms with Crippen LogP contribution in [0.1, 0.15) is 12.8 Å². The van der Waals surface area contributed by atoms with Crippen molar-refractivity contribution in [3.05, 3.63) is 17.0 Å². The first kappa shape index (κ1) is 10.8. The Kier molecular flexibility index (Phi) is 3.53. The summed E-state index contributed by atoms with van der Waals surface area (Å²) in [5.74, 6) is 1.59. The van der Waals surface area contributed by atoms with Gasteiger partial charge in [-0.1, -0.05) is 0 Å². The van der Waals surface area contributed by atoms with Crippen molar-refractivity contribution < 1.29 is 0 Å². The summed E-state index contributed by atoms with van der Waals surface area (Å²) >= 11 is 3.48. The Morgan fingerprint density at radius 2 is 2.47 bits per heavy atom.